The van der Waals surface area contributed by atoms with Gasteiger partial charge in [0.1, 0.15) is 12.4 Å². The summed E-state index contributed by atoms with van der Waals surface area (Å²) in [6, 6.07) is 14.2. The highest BCUT2D eigenvalue weighted by Crippen LogP contribution is 2.35. The van der Waals surface area contributed by atoms with E-state index in [9.17, 15) is 13.2 Å². The number of nitrogens with one attached hydrogen (secondary N) is 2. The molecule has 0 saturated heterocycles. The molecule has 0 aromatic heterocycles. The first-order chi connectivity index (χ1) is 13.0. The molecule has 1 unspecified atom stereocenters. The van der Waals surface area contributed by atoms with Gasteiger partial charge in [0.25, 0.3) is 0 Å². The minimum Gasteiger partial charge on any atom is -0.496 e. The molecule has 8 heteroatoms. The van der Waals surface area contributed by atoms with Crippen LogP contribution in [-0.2, 0) is 28.0 Å². The molecule has 0 saturated carbocycles. The highest BCUT2D eigenvalue weighted by Gasteiger charge is 2.27. The fourth-order valence-corrected chi connectivity index (χ4v) is 4.16. The van der Waals surface area contributed by atoms with Crippen LogP contribution in [0.3, 0.4) is 0 Å². The Balaban J connectivity index is 1.63. The van der Waals surface area contributed by atoms with Crippen molar-refractivity contribution in [3.63, 3.8) is 0 Å². The van der Waals surface area contributed by atoms with E-state index in [1.54, 1.807) is 19.2 Å². The molecule has 7 nitrogen and oxygen atoms in total. The Kier molecular flexibility index (Phi) is 5.98. The molecule has 0 heterocycles. The second-order valence-corrected chi connectivity index (χ2v) is 7.70. The summed E-state index contributed by atoms with van der Waals surface area (Å²) in [7, 11) is -2.47. The van der Waals surface area contributed by atoms with E-state index >= 15 is 0 Å². The Bertz CT molecular complexity index is 900. The van der Waals surface area contributed by atoms with E-state index in [4.69, 9.17) is 9.47 Å². The molecule has 1 amide bonds. The first-order valence-corrected chi connectivity index (χ1v) is 10.1. The Morgan fingerprint density at radius 3 is 2.67 bits per heavy atom. The largest absolute Gasteiger partial charge is 0.496 e. The van der Waals surface area contributed by atoms with Gasteiger partial charge in [-0.2, -0.15) is 13.1 Å². The highest BCUT2D eigenvalue weighted by atomic mass is 32.2. The van der Waals surface area contributed by atoms with Gasteiger partial charge in [-0.25, -0.2) is 9.52 Å². The number of carbonyl (C=O) groups excluding carboxylic acids is 1. The minimum absolute atomic E-state index is 0.00828. The second kappa shape index (κ2) is 8.41. The number of amides is 1. The Morgan fingerprint density at radius 1 is 1.15 bits per heavy atom. The molecule has 1 aliphatic carbocycles. The van der Waals surface area contributed by atoms with Crippen molar-refractivity contribution in [3.05, 3.63) is 65.2 Å². The van der Waals surface area contributed by atoms with Gasteiger partial charge in [-0.05, 0) is 42.0 Å². The monoisotopic (exact) mass is 390 g/mol. The zero-order valence-corrected chi connectivity index (χ0v) is 15.8. The Hall–Kier alpha value is -2.58. The molecule has 1 aliphatic rings. The lowest BCUT2D eigenvalue weighted by molar-refractivity contribution is 0.146. The maximum Gasteiger partial charge on any atom is 0.422 e. The van der Waals surface area contributed by atoms with Crippen LogP contribution < -0.4 is 14.2 Å². The van der Waals surface area contributed by atoms with Crippen molar-refractivity contribution in [1.82, 2.24) is 9.44 Å². The van der Waals surface area contributed by atoms with E-state index in [1.165, 1.54) is 0 Å². The molecular weight excluding hydrogens is 368 g/mol. The SMILES string of the molecule is COc1cccc2c1CCCC2NS(=O)(=O)NC(=O)OCc1ccccc1. The third-order valence-electron chi connectivity index (χ3n) is 4.41. The quantitative estimate of drug-likeness (QED) is 0.791. The van der Waals surface area contributed by atoms with Crippen molar-refractivity contribution in [2.75, 3.05) is 7.11 Å². The number of benzene rings is 2. The van der Waals surface area contributed by atoms with Crippen LogP contribution in [0.5, 0.6) is 5.75 Å². The van der Waals surface area contributed by atoms with Crippen molar-refractivity contribution in [2.24, 2.45) is 0 Å². The lowest BCUT2D eigenvalue weighted by atomic mass is 9.87. The van der Waals surface area contributed by atoms with Crippen LogP contribution in [0.1, 0.15) is 35.6 Å². The van der Waals surface area contributed by atoms with Crippen LogP contribution in [0.15, 0.2) is 48.5 Å². The van der Waals surface area contributed by atoms with Gasteiger partial charge in [-0.1, -0.05) is 42.5 Å². The van der Waals surface area contributed by atoms with Gasteiger partial charge in [0, 0.05) is 6.04 Å². The van der Waals surface area contributed by atoms with E-state index in [2.05, 4.69) is 4.72 Å². The maximum atomic E-state index is 12.3. The molecule has 144 valence electrons. The topological polar surface area (TPSA) is 93.7 Å². The molecule has 0 spiro atoms. The predicted molar refractivity (Wildman–Crippen MR) is 100 cm³/mol. The van der Waals surface area contributed by atoms with E-state index in [0.717, 1.165) is 35.3 Å². The van der Waals surface area contributed by atoms with E-state index in [-0.39, 0.29) is 6.61 Å². The smallest absolute Gasteiger partial charge is 0.422 e. The first kappa shape index (κ1) is 19.2. The molecular formula is C19H22N2O5S. The lowest BCUT2D eigenvalue weighted by Crippen LogP contribution is -2.42. The normalized spacial score (nSPS) is 16.3. The van der Waals surface area contributed by atoms with Gasteiger partial charge in [-0.15, -0.1) is 0 Å². The van der Waals surface area contributed by atoms with Gasteiger partial charge < -0.3 is 9.47 Å². The number of hydrogen-bond acceptors (Lipinski definition) is 5. The summed E-state index contributed by atoms with van der Waals surface area (Å²) in [6.45, 7) is -0.00828. The van der Waals surface area contributed by atoms with Gasteiger partial charge >= 0.3 is 16.3 Å². The summed E-state index contributed by atoms with van der Waals surface area (Å²) >= 11 is 0. The van der Waals surface area contributed by atoms with Crippen molar-refractivity contribution in [1.29, 1.82) is 0 Å². The average Bonchev–Trinajstić information content (AvgIpc) is 2.66. The standard InChI is InChI=1S/C19H22N2O5S/c1-25-18-12-6-9-15-16(18)10-5-11-17(15)20-27(23,24)21-19(22)26-13-14-7-3-2-4-8-14/h2-4,6-9,12,17,20H,5,10-11,13H2,1H3,(H,21,22). The van der Waals surface area contributed by atoms with Crippen LogP contribution in [0, 0.1) is 0 Å². The molecule has 0 fully saturated rings. The summed E-state index contributed by atoms with van der Waals surface area (Å²) in [5.41, 5.74) is 2.63. The zero-order valence-electron chi connectivity index (χ0n) is 15.0. The molecule has 2 N–H and O–H groups in total. The molecule has 0 aliphatic heterocycles. The lowest BCUT2D eigenvalue weighted by Gasteiger charge is -2.27. The van der Waals surface area contributed by atoms with Gasteiger partial charge in [0.05, 0.1) is 7.11 Å². The summed E-state index contributed by atoms with van der Waals surface area (Å²) in [5.74, 6) is 0.742. The van der Waals surface area contributed by atoms with Crippen molar-refractivity contribution < 1.29 is 22.7 Å². The van der Waals surface area contributed by atoms with Gasteiger partial charge in [-0.3, -0.25) is 0 Å². The molecule has 3 rings (SSSR count). The van der Waals surface area contributed by atoms with Crippen molar-refractivity contribution >= 4 is 16.3 Å². The van der Waals surface area contributed by atoms with Gasteiger partial charge in [0.15, 0.2) is 0 Å². The van der Waals surface area contributed by atoms with E-state index < -0.39 is 22.3 Å². The fourth-order valence-electron chi connectivity index (χ4n) is 3.21. The highest BCUT2D eigenvalue weighted by molar-refractivity contribution is 7.88. The van der Waals surface area contributed by atoms with Crippen LogP contribution in [0.4, 0.5) is 4.79 Å². The number of methoxy groups -OCH3 is 1. The molecule has 2 aromatic carbocycles. The van der Waals surface area contributed by atoms with E-state index in [1.807, 2.05) is 41.1 Å². The van der Waals surface area contributed by atoms with Crippen LogP contribution in [-0.4, -0.2) is 21.6 Å². The summed E-state index contributed by atoms with van der Waals surface area (Å²) in [4.78, 5) is 11.8. The molecule has 2 aromatic rings. The third kappa shape index (κ3) is 4.99. The number of fused-ring (bicyclic) bond motifs is 1. The number of ether oxygens (including phenoxy) is 2. The van der Waals surface area contributed by atoms with Gasteiger partial charge in [0.2, 0.25) is 0 Å². The zero-order chi connectivity index (χ0) is 19.3. The Labute approximate surface area is 158 Å². The van der Waals surface area contributed by atoms with E-state index in [0.29, 0.717) is 6.42 Å². The molecule has 1 atom stereocenters. The van der Waals surface area contributed by atoms with Crippen molar-refractivity contribution in [3.8, 4) is 5.75 Å². The number of carbonyl (C=O) groups is 1. The molecule has 0 radical (unpaired) electrons. The van der Waals surface area contributed by atoms with Crippen LogP contribution >= 0.6 is 0 Å². The summed E-state index contributed by atoms with van der Waals surface area (Å²) in [6.07, 6.45) is 1.26. The van der Waals surface area contributed by atoms with Crippen molar-refractivity contribution in [2.45, 2.75) is 31.9 Å². The predicted octanol–water partition coefficient (Wildman–Crippen LogP) is 2.83. The average molecular weight is 390 g/mol. The van der Waals surface area contributed by atoms with Crippen LogP contribution in [0.2, 0.25) is 0 Å². The number of rotatable bonds is 6. The second-order valence-electron chi connectivity index (χ2n) is 6.26. The first-order valence-electron chi connectivity index (χ1n) is 8.65. The summed E-state index contributed by atoms with van der Waals surface area (Å²) in [5, 5.41) is 0. The molecule has 0 bridgehead atoms. The Morgan fingerprint density at radius 2 is 1.93 bits per heavy atom. The van der Waals surface area contributed by atoms with Crippen LogP contribution in [0.25, 0.3) is 0 Å². The fraction of sp³-hybridized carbons (Fsp3) is 0.316. The summed E-state index contributed by atoms with van der Waals surface area (Å²) < 4.78 is 39.4. The maximum absolute atomic E-state index is 12.3. The number of hydrogen-bond donors (Lipinski definition) is 2. The minimum atomic E-state index is -4.06. The third-order valence-corrected chi connectivity index (χ3v) is 5.44. The molecule has 27 heavy (non-hydrogen) atoms.